The Labute approximate surface area is 97.1 Å². The molecule has 0 spiro atoms. The lowest BCUT2D eigenvalue weighted by Gasteiger charge is -2.20. The van der Waals surface area contributed by atoms with Crippen LogP contribution in [0.3, 0.4) is 0 Å². The van der Waals surface area contributed by atoms with Crippen molar-refractivity contribution in [1.82, 2.24) is 4.98 Å². The summed E-state index contributed by atoms with van der Waals surface area (Å²) in [4.78, 5) is 17.9. The number of carbonyl (C=O) groups is 1. The van der Waals surface area contributed by atoms with Crippen LogP contribution in [0.2, 0.25) is 5.15 Å². The number of halogens is 1. The molecule has 0 unspecified atom stereocenters. The van der Waals surface area contributed by atoms with Crippen LogP contribution in [0.5, 0.6) is 0 Å². The highest BCUT2D eigenvalue weighted by atomic mass is 35.5. The highest BCUT2D eigenvalue weighted by Crippen LogP contribution is 2.43. The van der Waals surface area contributed by atoms with Gasteiger partial charge in [-0.05, 0) is 25.7 Å². The first-order chi connectivity index (χ1) is 7.29. The van der Waals surface area contributed by atoms with Crippen LogP contribution in [0.15, 0.2) is 0 Å². The van der Waals surface area contributed by atoms with Gasteiger partial charge in [-0.25, -0.2) is 4.98 Å². The Balaban J connectivity index is 1.96. The third-order valence-electron chi connectivity index (χ3n) is 3.38. The Morgan fingerprint density at radius 1 is 1.33 bits per heavy atom. The molecule has 3 rings (SSSR count). The van der Waals surface area contributed by atoms with E-state index in [0.717, 1.165) is 11.4 Å². The molecule has 2 aliphatic heterocycles. The number of hydrogen-bond acceptors (Lipinski definition) is 4. The Morgan fingerprint density at radius 2 is 1.93 bits per heavy atom. The molecule has 5 heteroatoms. The molecular weight excluding hydrogens is 232 g/mol. The first kappa shape index (κ1) is 9.60. The van der Waals surface area contributed by atoms with Crippen LogP contribution >= 0.6 is 22.9 Å². The van der Waals surface area contributed by atoms with Gasteiger partial charge in [0.05, 0.1) is 0 Å². The Bertz CT molecular complexity index is 386. The summed E-state index contributed by atoms with van der Waals surface area (Å²) in [5.41, 5.74) is 0. The second-order valence-electron chi connectivity index (χ2n) is 4.14. The SMILES string of the molecule is O=Cc1sc(N2C3CCC2CC3)nc1Cl. The van der Waals surface area contributed by atoms with Gasteiger partial charge in [0.1, 0.15) is 4.88 Å². The Kier molecular flexibility index (Phi) is 2.21. The van der Waals surface area contributed by atoms with Crippen LogP contribution in [-0.2, 0) is 0 Å². The Hall–Kier alpha value is -0.610. The summed E-state index contributed by atoms with van der Waals surface area (Å²) < 4.78 is 0. The van der Waals surface area contributed by atoms with Gasteiger partial charge in [-0.15, -0.1) is 0 Å². The third kappa shape index (κ3) is 1.39. The van der Waals surface area contributed by atoms with Crippen LogP contribution in [-0.4, -0.2) is 23.4 Å². The third-order valence-corrected chi connectivity index (χ3v) is 4.77. The van der Waals surface area contributed by atoms with Crippen molar-refractivity contribution in [1.29, 1.82) is 0 Å². The lowest BCUT2D eigenvalue weighted by Crippen LogP contribution is -2.27. The fourth-order valence-electron chi connectivity index (χ4n) is 2.71. The summed E-state index contributed by atoms with van der Waals surface area (Å²) in [5.74, 6) is 0. The molecule has 3 nitrogen and oxygen atoms in total. The minimum atomic E-state index is 0.358. The number of nitrogens with zero attached hydrogens (tertiary/aromatic N) is 2. The smallest absolute Gasteiger partial charge is 0.187 e. The average molecular weight is 243 g/mol. The van der Waals surface area contributed by atoms with Gasteiger partial charge in [0, 0.05) is 12.1 Å². The van der Waals surface area contributed by atoms with E-state index in [1.54, 1.807) is 0 Å². The van der Waals surface area contributed by atoms with Crippen molar-refractivity contribution in [2.75, 3.05) is 4.90 Å². The molecule has 2 aliphatic rings. The minimum absolute atomic E-state index is 0.358. The fraction of sp³-hybridized carbons (Fsp3) is 0.600. The van der Waals surface area contributed by atoms with Crippen molar-refractivity contribution in [2.24, 2.45) is 0 Å². The number of anilines is 1. The maximum Gasteiger partial charge on any atom is 0.187 e. The van der Waals surface area contributed by atoms with E-state index < -0.39 is 0 Å². The lowest BCUT2D eigenvalue weighted by atomic mass is 10.0. The molecule has 80 valence electrons. The minimum Gasteiger partial charge on any atom is -0.342 e. The molecule has 0 N–H and O–H groups in total. The molecule has 2 bridgehead atoms. The van der Waals surface area contributed by atoms with E-state index in [-0.39, 0.29) is 0 Å². The first-order valence-corrected chi connectivity index (χ1v) is 6.39. The van der Waals surface area contributed by atoms with Gasteiger partial charge >= 0.3 is 0 Å². The second-order valence-corrected chi connectivity index (χ2v) is 5.51. The maximum absolute atomic E-state index is 10.7. The van der Waals surface area contributed by atoms with E-state index in [2.05, 4.69) is 9.88 Å². The predicted molar refractivity (Wildman–Crippen MR) is 61.0 cm³/mol. The first-order valence-electron chi connectivity index (χ1n) is 5.19. The molecule has 0 aliphatic carbocycles. The summed E-state index contributed by atoms with van der Waals surface area (Å²) in [6.07, 6.45) is 5.84. The Morgan fingerprint density at radius 3 is 2.40 bits per heavy atom. The van der Waals surface area contributed by atoms with Crippen molar-refractivity contribution < 1.29 is 4.79 Å². The predicted octanol–water partition coefficient (Wildman–Crippen LogP) is 2.74. The number of carbonyl (C=O) groups excluding carboxylic acids is 1. The maximum atomic E-state index is 10.7. The molecule has 2 saturated heterocycles. The molecule has 0 atom stereocenters. The zero-order valence-electron chi connectivity index (χ0n) is 8.15. The zero-order valence-corrected chi connectivity index (χ0v) is 9.72. The second kappa shape index (κ2) is 3.46. The van der Waals surface area contributed by atoms with Gasteiger partial charge in [0.2, 0.25) is 0 Å². The number of aldehydes is 1. The summed E-state index contributed by atoms with van der Waals surface area (Å²) in [7, 11) is 0. The van der Waals surface area contributed by atoms with Crippen molar-refractivity contribution in [3.05, 3.63) is 10.0 Å². The molecule has 0 radical (unpaired) electrons. The molecule has 2 fully saturated rings. The van der Waals surface area contributed by atoms with Crippen molar-refractivity contribution in [2.45, 2.75) is 37.8 Å². The van der Waals surface area contributed by atoms with Crippen LogP contribution < -0.4 is 4.90 Å². The summed E-state index contributed by atoms with van der Waals surface area (Å²) in [6, 6.07) is 1.27. The quantitative estimate of drug-likeness (QED) is 0.748. The highest BCUT2D eigenvalue weighted by Gasteiger charge is 2.40. The average Bonchev–Trinajstić information content (AvgIpc) is 2.90. The van der Waals surface area contributed by atoms with Crippen LogP contribution in [0.4, 0.5) is 5.13 Å². The molecule has 3 heterocycles. The van der Waals surface area contributed by atoms with Gasteiger partial charge in [-0.1, -0.05) is 22.9 Å². The monoisotopic (exact) mass is 242 g/mol. The topological polar surface area (TPSA) is 33.2 Å². The normalized spacial score (nSPS) is 28.7. The number of hydrogen-bond donors (Lipinski definition) is 0. The molecule has 0 saturated carbocycles. The van der Waals surface area contributed by atoms with E-state index >= 15 is 0 Å². The lowest BCUT2D eigenvalue weighted by molar-refractivity contribution is 0.112. The van der Waals surface area contributed by atoms with Crippen LogP contribution in [0, 0.1) is 0 Å². The zero-order chi connectivity index (χ0) is 10.4. The van der Waals surface area contributed by atoms with Crippen LogP contribution in [0.25, 0.3) is 0 Å². The fourth-order valence-corrected chi connectivity index (χ4v) is 3.92. The molecule has 1 aromatic rings. The molecule has 0 aromatic carbocycles. The summed E-state index contributed by atoms with van der Waals surface area (Å²) in [6.45, 7) is 0. The number of thiazole rings is 1. The van der Waals surface area contributed by atoms with E-state index in [9.17, 15) is 4.79 Å². The molecule has 15 heavy (non-hydrogen) atoms. The molecular formula is C10H11ClN2OS. The van der Waals surface area contributed by atoms with Crippen molar-refractivity contribution in [3.8, 4) is 0 Å². The summed E-state index contributed by atoms with van der Waals surface area (Å²) in [5, 5.41) is 1.29. The van der Waals surface area contributed by atoms with Crippen molar-refractivity contribution >= 4 is 34.4 Å². The number of rotatable bonds is 2. The van der Waals surface area contributed by atoms with Gasteiger partial charge in [0.25, 0.3) is 0 Å². The van der Waals surface area contributed by atoms with E-state index in [4.69, 9.17) is 11.6 Å². The molecule has 1 aromatic heterocycles. The summed E-state index contributed by atoms with van der Waals surface area (Å²) >= 11 is 7.30. The molecule has 0 amide bonds. The van der Waals surface area contributed by atoms with E-state index in [1.807, 2.05) is 0 Å². The van der Waals surface area contributed by atoms with Gasteiger partial charge in [-0.2, -0.15) is 0 Å². The van der Waals surface area contributed by atoms with Gasteiger partial charge in [-0.3, -0.25) is 4.79 Å². The van der Waals surface area contributed by atoms with Gasteiger partial charge in [0.15, 0.2) is 16.6 Å². The van der Waals surface area contributed by atoms with Crippen LogP contribution in [0.1, 0.15) is 35.4 Å². The standard InChI is InChI=1S/C10H11ClN2OS/c11-9-8(5-14)15-10(12-9)13-6-1-2-7(13)4-3-6/h5-7H,1-4H2. The van der Waals surface area contributed by atoms with Crippen molar-refractivity contribution in [3.63, 3.8) is 0 Å². The van der Waals surface area contributed by atoms with E-state index in [0.29, 0.717) is 22.1 Å². The highest BCUT2D eigenvalue weighted by molar-refractivity contribution is 7.17. The van der Waals surface area contributed by atoms with E-state index in [1.165, 1.54) is 37.0 Å². The largest absolute Gasteiger partial charge is 0.342 e. The number of aromatic nitrogens is 1. The number of fused-ring (bicyclic) bond motifs is 2. The van der Waals surface area contributed by atoms with Gasteiger partial charge < -0.3 is 4.90 Å².